The summed E-state index contributed by atoms with van der Waals surface area (Å²) in [5.41, 5.74) is 0.622. The van der Waals surface area contributed by atoms with Crippen LogP contribution in [-0.2, 0) is 11.5 Å². The number of hydrogen-bond acceptors (Lipinski definition) is 2. The largest absolute Gasteiger partial charge is 0.361 e. The molecular weight excluding hydrogens is 244 g/mol. The van der Waals surface area contributed by atoms with Crippen molar-refractivity contribution in [1.82, 2.24) is 9.55 Å². The first-order chi connectivity index (χ1) is 8.47. The molecular formula is C13H20N2O2Si. The summed E-state index contributed by atoms with van der Waals surface area (Å²) < 4.78 is 7.52. The standard InChI is InChI=1S/C13H20N2O2Si/c1-18(2,3)9-8-17-10-15-7-5-11-4-6-14-13(16)12(11)15/h4-7H,8-10H2,1-3H3,(H,14,16). The SMILES string of the molecule is C[Si](C)(C)CCOCn1ccc2cc[nH]c(=O)c21. The number of ether oxygens (including phenoxy) is 1. The van der Waals surface area contributed by atoms with Crippen molar-refractivity contribution in [1.29, 1.82) is 0 Å². The van der Waals surface area contributed by atoms with Crippen LogP contribution in [0.25, 0.3) is 10.9 Å². The molecule has 1 N–H and O–H groups in total. The quantitative estimate of drug-likeness (QED) is 0.666. The van der Waals surface area contributed by atoms with Crippen molar-refractivity contribution in [3.05, 3.63) is 34.9 Å². The minimum absolute atomic E-state index is 0.0636. The van der Waals surface area contributed by atoms with Crippen molar-refractivity contribution in [3.63, 3.8) is 0 Å². The summed E-state index contributed by atoms with van der Waals surface area (Å²) in [6.45, 7) is 8.19. The smallest absolute Gasteiger partial charge is 0.272 e. The third-order valence-electron chi connectivity index (χ3n) is 2.91. The number of rotatable bonds is 5. The van der Waals surface area contributed by atoms with E-state index < -0.39 is 8.07 Å². The summed E-state index contributed by atoms with van der Waals surface area (Å²) in [4.78, 5) is 14.4. The first kappa shape index (κ1) is 13.1. The van der Waals surface area contributed by atoms with Gasteiger partial charge in [-0.05, 0) is 18.2 Å². The molecule has 0 saturated carbocycles. The van der Waals surface area contributed by atoms with E-state index in [2.05, 4.69) is 24.6 Å². The Balaban J connectivity index is 2.02. The molecule has 5 heteroatoms. The first-order valence-electron chi connectivity index (χ1n) is 6.22. The third-order valence-corrected chi connectivity index (χ3v) is 4.62. The van der Waals surface area contributed by atoms with Crippen LogP contribution in [0.1, 0.15) is 0 Å². The number of hydrogen-bond donors (Lipinski definition) is 1. The van der Waals surface area contributed by atoms with Gasteiger partial charge in [0.15, 0.2) is 0 Å². The Morgan fingerprint density at radius 2 is 2.11 bits per heavy atom. The molecule has 98 valence electrons. The Labute approximate surface area is 108 Å². The Hall–Kier alpha value is -1.33. The molecule has 0 amide bonds. The molecule has 2 aromatic rings. The lowest BCUT2D eigenvalue weighted by Gasteiger charge is -2.15. The van der Waals surface area contributed by atoms with E-state index in [9.17, 15) is 4.79 Å². The Bertz CT molecular complexity index is 580. The van der Waals surface area contributed by atoms with E-state index in [0.29, 0.717) is 12.2 Å². The lowest BCUT2D eigenvalue weighted by molar-refractivity contribution is 0.0901. The summed E-state index contributed by atoms with van der Waals surface area (Å²) in [6.07, 6.45) is 3.56. The van der Waals surface area contributed by atoms with Gasteiger partial charge >= 0.3 is 0 Å². The van der Waals surface area contributed by atoms with Crippen LogP contribution in [-0.4, -0.2) is 24.2 Å². The van der Waals surface area contributed by atoms with Crippen LogP contribution in [0.5, 0.6) is 0 Å². The monoisotopic (exact) mass is 264 g/mol. The van der Waals surface area contributed by atoms with Gasteiger partial charge < -0.3 is 14.3 Å². The minimum atomic E-state index is -1.05. The highest BCUT2D eigenvalue weighted by Gasteiger charge is 2.12. The lowest BCUT2D eigenvalue weighted by atomic mass is 10.3. The number of pyridine rings is 1. The van der Waals surface area contributed by atoms with Crippen LogP contribution in [0, 0.1) is 0 Å². The van der Waals surface area contributed by atoms with Gasteiger partial charge in [-0.2, -0.15) is 0 Å². The van der Waals surface area contributed by atoms with Gasteiger partial charge in [0.25, 0.3) is 5.56 Å². The molecule has 0 aromatic carbocycles. The van der Waals surface area contributed by atoms with E-state index >= 15 is 0 Å². The number of aromatic nitrogens is 2. The minimum Gasteiger partial charge on any atom is -0.361 e. The van der Waals surface area contributed by atoms with Crippen molar-refractivity contribution < 1.29 is 4.74 Å². The molecule has 0 bridgehead atoms. The van der Waals surface area contributed by atoms with E-state index in [4.69, 9.17) is 4.74 Å². The molecule has 2 rings (SSSR count). The molecule has 4 nitrogen and oxygen atoms in total. The second kappa shape index (κ2) is 5.12. The molecule has 18 heavy (non-hydrogen) atoms. The third kappa shape index (κ3) is 3.11. The zero-order valence-electron chi connectivity index (χ0n) is 11.2. The Kier molecular flexibility index (Phi) is 3.73. The summed E-state index contributed by atoms with van der Waals surface area (Å²) >= 11 is 0. The van der Waals surface area contributed by atoms with E-state index in [1.165, 1.54) is 0 Å². The zero-order valence-corrected chi connectivity index (χ0v) is 12.2. The van der Waals surface area contributed by atoms with E-state index in [1.807, 2.05) is 22.9 Å². The van der Waals surface area contributed by atoms with Crippen molar-refractivity contribution in [2.24, 2.45) is 0 Å². The number of H-pyrrole nitrogens is 1. The Morgan fingerprint density at radius 3 is 2.83 bits per heavy atom. The van der Waals surface area contributed by atoms with Crippen molar-refractivity contribution in [2.75, 3.05) is 6.61 Å². The van der Waals surface area contributed by atoms with Gasteiger partial charge in [-0.15, -0.1) is 0 Å². The van der Waals surface area contributed by atoms with Gasteiger partial charge in [0, 0.05) is 32.5 Å². The van der Waals surface area contributed by atoms with Gasteiger partial charge in [-0.1, -0.05) is 19.6 Å². The molecule has 0 unspecified atom stereocenters. The van der Waals surface area contributed by atoms with Crippen LogP contribution in [0.4, 0.5) is 0 Å². The highest BCUT2D eigenvalue weighted by molar-refractivity contribution is 6.76. The molecule has 0 spiro atoms. The van der Waals surface area contributed by atoms with Gasteiger partial charge in [0.1, 0.15) is 12.2 Å². The molecule has 2 heterocycles. The molecule has 0 fully saturated rings. The van der Waals surface area contributed by atoms with E-state index in [1.54, 1.807) is 6.20 Å². The highest BCUT2D eigenvalue weighted by atomic mass is 28.3. The van der Waals surface area contributed by atoms with Gasteiger partial charge in [-0.25, -0.2) is 0 Å². The van der Waals surface area contributed by atoms with Crippen LogP contribution in [0.2, 0.25) is 25.7 Å². The fourth-order valence-electron chi connectivity index (χ4n) is 1.81. The molecule has 0 aliphatic carbocycles. The number of nitrogens with one attached hydrogen (secondary N) is 1. The molecule has 2 aromatic heterocycles. The van der Waals surface area contributed by atoms with Crippen LogP contribution in [0.3, 0.4) is 0 Å². The predicted molar refractivity (Wildman–Crippen MR) is 76.7 cm³/mol. The highest BCUT2D eigenvalue weighted by Crippen LogP contribution is 2.11. The van der Waals surface area contributed by atoms with Gasteiger partial charge in [0.05, 0.1) is 0 Å². The fourth-order valence-corrected chi connectivity index (χ4v) is 2.57. The maximum Gasteiger partial charge on any atom is 0.272 e. The average Bonchev–Trinajstić information content (AvgIpc) is 2.68. The van der Waals surface area contributed by atoms with Crippen LogP contribution in [0.15, 0.2) is 29.3 Å². The second-order valence-corrected chi connectivity index (χ2v) is 11.4. The summed E-state index contributed by atoms with van der Waals surface area (Å²) in [5, 5.41) is 0.951. The maximum atomic E-state index is 11.7. The van der Waals surface area contributed by atoms with E-state index in [-0.39, 0.29) is 5.56 Å². The van der Waals surface area contributed by atoms with E-state index in [0.717, 1.165) is 18.0 Å². The first-order valence-corrected chi connectivity index (χ1v) is 9.92. The van der Waals surface area contributed by atoms with Crippen molar-refractivity contribution in [2.45, 2.75) is 32.4 Å². The summed E-state index contributed by atoms with van der Waals surface area (Å²) in [5.74, 6) is 0. The lowest BCUT2D eigenvalue weighted by Crippen LogP contribution is -2.22. The van der Waals surface area contributed by atoms with Gasteiger partial charge in [-0.3, -0.25) is 4.79 Å². The molecule has 0 saturated heterocycles. The van der Waals surface area contributed by atoms with Crippen LogP contribution < -0.4 is 5.56 Å². The maximum absolute atomic E-state index is 11.7. The van der Waals surface area contributed by atoms with Crippen LogP contribution >= 0.6 is 0 Å². The summed E-state index contributed by atoms with van der Waals surface area (Å²) in [7, 11) is -1.05. The molecule has 0 aliphatic heterocycles. The molecule has 0 aliphatic rings. The normalized spacial score (nSPS) is 12.2. The predicted octanol–water partition coefficient (Wildman–Crippen LogP) is 2.64. The van der Waals surface area contributed by atoms with Gasteiger partial charge in [0.2, 0.25) is 0 Å². The molecule has 0 atom stereocenters. The van der Waals surface area contributed by atoms with Crippen molar-refractivity contribution >= 4 is 19.0 Å². The number of nitrogens with zero attached hydrogens (tertiary/aromatic N) is 1. The fraction of sp³-hybridized carbons (Fsp3) is 0.462. The topological polar surface area (TPSA) is 47.0 Å². The zero-order chi connectivity index (χ0) is 13.2. The molecule has 0 radical (unpaired) electrons. The number of aromatic amines is 1. The average molecular weight is 264 g/mol. The van der Waals surface area contributed by atoms with Crippen molar-refractivity contribution in [3.8, 4) is 0 Å². The summed E-state index contributed by atoms with van der Waals surface area (Å²) in [6, 6.07) is 4.98. The second-order valence-electron chi connectivity index (χ2n) is 5.74. The number of fused-ring (bicyclic) bond motifs is 1. The Morgan fingerprint density at radius 1 is 1.33 bits per heavy atom.